The minimum Gasteiger partial charge on any atom is -0.482 e. The lowest BCUT2D eigenvalue weighted by Gasteiger charge is -2.24. The fourth-order valence-corrected chi connectivity index (χ4v) is 4.39. The number of nitrogens with zero attached hydrogens (tertiary/aromatic N) is 6. The molecule has 5 rings (SSSR count). The lowest BCUT2D eigenvalue weighted by molar-refractivity contribution is 0.224. The van der Waals surface area contributed by atoms with Gasteiger partial charge in [-0.15, -0.1) is 0 Å². The third kappa shape index (κ3) is 3.61. The van der Waals surface area contributed by atoms with Gasteiger partial charge in [0.15, 0.2) is 0 Å². The molecule has 162 valence electrons. The highest BCUT2D eigenvalue weighted by molar-refractivity contribution is 5.76. The zero-order chi connectivity index (χ0) is 22.1. The summed E-state index contributed by atoms with van der Waals surface area (Å²) in [6.45, 7) is 6.05. The number of aromatic nitrogens is 5. The van der Waals surface area contributed by atoms with Gasteiger partial charge in [-0.05, 0) is 51.4 Å². The quantitative estimate of drug-likeness (QED) is 0.520. The first-order chi connectivity index (χ1) is 15.7. The summed E-state index contributed by atoms with van der Waals surface area (Å²) in [5.74, 6) is 0.598. The summed E-state index contributed by atoms with van der Waals surface area (Å²) in [5, 5.41) is 22.1. The molecule has 8 nitrogen and oxygen atoms in total. The maximum absolute atomic E-state index is 9.59. The van der Waals surface area contributed by atoms with E-state index in [1.54, 1.807) is 16.9 Å². The monoisotopic (exact) mass is 427 g/mol. The van der Waals surface area contributed by atoms with E-state index in [9.17, 15) is 5.26 Å². The highest BCUT2D eigenvalue weighted by atomic mass is 16.5. The van der Waals surface area contributed by atoms with Crippen molar-refractivity contribution in [2.45, 2.75) is 38.8 Å². The zero-order valence-electron chi connectivity index (χ0n) is 18.2. The SMILES string of the molecule is Cc1c(-c2cc(O[C@H](C)c3ccccn3)c3c(C#N)cnn3c2)cnn1[C@H]1CCCNC1. The van der Waals surface area contributed by atoms with Crippen molar-refractivity contribution < 1.29 is 4.74 Å². The van der Waals surface area contributed by atoms with Crippen molar-refractivity contribution in [3.63, 3.8) is 0 Å². The highest BCUT2D eigenvalue weighted by Crippen LogP contribution is 2.34. The highest BCUT2D eigenvalue weighted by Gasteiger charge is 2.22. The van der Waals surface area contributed by atoms with Gasteiger partial charge in [-0.3, -0.25) is 9.67 Å². The zero-order valence-corrected chi connectivity index (χ0v) is 18.2. The molecule has 0 bridgehead atoms. The van der Waals surface area contributed by atoms with E-state index in [1.807, 2.05) is 43.6 Å². The van der Waals surface area contributed by atoms with Crippen LogP contribution in [0.15, 0.2) is 49.1 Å². The molecule has 0 aromatic carbocycles. The maximum atomic E-state index is 9.59. The first-order valence-electron chi connectivity index (χ1n) is 10.9. The summed E-state index contributed by atoms with van der Waals surface area (Å²) < 4.78 is 10.2. The van der Waals surface area contributed by atoms with E-state index in [0.717, 1.165) is 48.4 Å². The molecule has 1 fully saturated rings. The van der Waals surface area contributed by atoms with Crippen LogP contribution in [0.2, 0.25) is 0 Å². The molecule has 8 heteroatoms. The molecule has 1 aliphatic rings. The molecule has 4 aromatic heterocycles. The van der Waals surface area contributed by atoms with Crippen molar-refractivity contribution in [3.8, 4) is 22.9 Å². The average molecular weight is 428 g/mol. The Kier molecular flexibility index (Phi) is 5.33. The molecule has 2 atom stereocenters. The van der Waals surface area contributed by atoms with Crippen molar-refractivity contribution in [3.05, 3.63) is 66.0 Å². The number of nitrogens with one attached hydrogen (secondary N) is 1. The second kappa shape index (κ2) is 8.44. The Morgan fingerprint density at radius 3 is 2.94 bits per heavy atom. The molecular formula is C24H25N7O. The van der Waals surface area contributed by atoms with Crippen LogP contribution in [-0.2, 0) is 0 Å². The fraction of sp³-hybridized carbons (Fsp3) is 0.333. The Balaban J connectivity index is 1.57. The Morgan fingerprint density at radius 1 is 1.28 bits per heavy atom. The van der Waals surface area contributed by atoms with Gasteiger partial charge in [-0.2, -0.15) is 15.5 Å². The van der Waals surface area contributed by atoms with Crippen molar-refractivity contribution in [1.29, 1.82) is 5.26 Å². The van der Waals surface area contributed by atoms with Gasteiger partial charge in [0, 0.05) is 35.8 Å². The summed E-state index contributed by atoms with van der Waals surface area (Å²) in [5.41, 5.74) is 5.03. The Labute approximate surface area is 186 Å². The van der Waals surface area contributed by atoms with Crippen molar-refractivity contribution in [2.24, 2.45) is 0 Å². The molecule has 0 amide bonds. The van der Waals surface area contributed by atoms with E-state index in [0.29, 0.717) is 22.9 Å². The first-order valence-corrected chi connectivity index (χ1v) is 10.9. The lowest BCUT2D eigenvalue weighted by Crippen LogP contribution is -2.32. The predicted octanol–water partition coefficient (Wildman–Crippen LogP) is 3.84. The van der Waals surface area contributed by atoms with Gasteiger partial charge in [0.2, 0.25) is 0 Å². The molecule has 5 heterocycles. The number of nitriles is 1. The number of pyridine rings is 2. The number of ether oxygens (including phenoxy) is 1. The third-order valence-corrected chi connectivity index (χ3v) is 6.08. The topological polar surface area (TPSA) is 93.1 Å². The normalized spacial score (nSPS) is 17.2. The number of piperidine rings is 1. The summed E-state index contributed by atoms with van der Waals surface area (Å²) >= 11 is 0. The summed E-state index contributed by atoms with van der Waals surface area (Å²) in [6.07, 6.45) is 9.15. The minimum absolute atomic E-state index is 0.283. The van der Waals surface area contributed by atoms with Crippen molar-refractivity contribution in [1.82, 2.24) is 29.7 Å². The molecule has 0 aliphatic carbocycles. The van der Waals surface area contributed by atoms with E-state index in [2.05, 4.69) is 33.1 Å². The van der Waals surface area contributed by atoms with E-state index < -0.39 is 0 Å². The van der Waals surface area contributed by atoms with Crippen LogP contribution in [0.3, 0.4) is 0 Å². The molecule has 1 N–H and O–H groups in total. The predicted molar refractivity (Wildman–Crippen MR) is 120 cm³/mol. The van der Waals surface area contributed by atoms with Crippen LogP contribution in [0.1, 0.15) is 48.9 Å². The van der Waals surface area contributed by atoms with Gasteiger partial charge in [-0.25, -0.2) is 4.52 Å². The smallest absolute Gasteiger partial charge is 0.148 e. The third-order valence-electron chi connectivity index (χ3n) is 6.08. The average Bonchev–Trinajstić information content (AvgIpc) is 3.43. The van der Waals surface area contributed by atoms with Crippen LogP contribution in [0.4, 0.5) is 0 Å². The second-order valence-corrected chi connectivity index (χ2v) is 8.16. The van der Waals surface area contributed by atoms with E-state index in [4.69, 9.17) is 9.84 Å². The molecule has 0 unspecified atom stereocenters. The van der Waals surface area contributed by atoms with Crippen LogP contribution in [-0.4, -0.2) is 37.5 Å². The lowest BCUT2D eigenvalue weighted by atomic mass is 10.1. The Morgan fingerprint density at radius 2 is 2.19 bits per heavy atom. The molecule has 32 heavy (non-hydrogen) atoms. The maximum Gasteiger partial charge on any atom is 0.148 e. The first kappa shape index (κ1) is 20.2. The molecule has 4 aromatic rings. The van der Waals surface area contributed by atoms with Crippen LogP contribution in [0.25, 0.3) is 16.6 Å². The summed E-state index contributed by atoms with van der Waals surface area (Å²) in [6, 6.07) is 10.3. The van der Waals surface area contributed by atoms with Crippen LogP contribution < -0.4 is 10.1 Å². The summed E-state index contributed by atoms with van der Waals surface area (Å²) in [4.78, 5) is 4.40. The number of hydrogen-bond donors (Lipinski definition) is 1. The van der Waals surface area contributed by atoms with Gasteiger partial charge in [0.05, 0.1) is 24.1 Å². The molecule has 1 saturated heterocycles. The van der Waals surface area contributed by atoms with Gasteiger partial charge >= 0.3 is 0 Å². The van der Waals surface area contributed by atoms with E-state index >= 15 is 0 Å². The molecule has 0 spiro atoms. The Bertz CT molecular complexity index is 1280. The molecule has 0 radical (unpaired) electrons. The minimum atomic E-state index is -0.283. The van der Waals surface area contributed by atoms with Gasteiger partial charge in [-0.1, -0.05) is 6.07 Å². The number of rotatable bonds is 5. The van der Waals surface area contributed by atoms with Crippen LogP contribution in [0, 0.1) is 18.3 Å². The van der Waals surface area contributed by atoms with Crippen LogP contribution in [0.5, 0.6) is 5.75 Å². The van der Waals surface area contributed by atoms with Crippen molar-refractivity contribution >= 4 is 5.52 Å². The Hall–Kier alpha value is -3.70. The number of hydrogen-bond acceptors (Lipinski definition) is 6. The fourth-order valence-electron chi connectivity index (χ4n) is 4.39. The molecular weight excluding hydrogens is 402 g/mol. The standard InChI is InChI=1S/C24H25N7O/c1-16-21(14-29-31(16)20-6-5-8-26-13-20)18-10-23(24-19(11-25)12-28-30(24)15-18)32-17(2)22-7-3-4-9-27-22/h3-4,7,9-10,12,14-15,17,20,26H,5-6,8,13H2,1-2H3/t17-,20+/m1/s1. The van der Waals surface area contributed by atoms with Crippen LogP contribution >= 0.6 is 0 Å². The molecule has 1 aliphatic heterocycles. The van der Waals surface area contributed by atoms with E-state index in [-0.39, 0.29) is 6.10 Å². The number of fused-ring (bicyclic) bond motifs is 1. The second-order valence-electron chi connectivity index (χ2n) is 8.16. The largest absolute Gasteiger partial charge is 0.482 e. The summed E-state index contributed by atoms with van der Waals surface area (Å²) in [7, 11) is 0. The van der Waals surface area contributed by atoms with Gasteiger partial charge in [0.1, 0.15) is 29.0 Å². The van der Waals surface area contributed by atoms with Crippen molar-refractivity contribution in [2.75, 3.05) is 13.1 Å². The van der Waals surface area contributed by atoms with E-state index in [1.165, 1.54) is 0 Å². The van der Waals surface area contributed by atoms with Gasteiger partial charge in [0.25, 0.3) is 0 Å². The van der Waals surface area contributed by atoms with Gasteiger partial charge < -0.3 is 10.1 Å². The molecule has 0 saturated carbocycles.